The van der Waals surface area contributed by atoms with Gasteiger partial charge in [0, 0.05) is 35.9 Å². The lowest BCUT2D eigenvalue weighted by atomic mass is 9.87. The maximum Gasteiger partial charge on any atom is 0.586 e. The van der Waals surface area contributed by atoms with E-state index in [-0.39, 0.29) is 22.2 Å². The highest BCUT2D eigenvalue weighted by molar-refractivity contribution is 5.61. The van der Waals surface area contributed by atoms with E-state index in [4.69, 9.17) is 0 Å². The zero-order valence-electron chi connectivity index (χ0n) is 53.3. The predicted octanol–water partition coefficient (Wildman–Crippen LogP) is 5.45. The molecule has 0 bridgehead atoms. The number of fused-ring (bicyclic) bond motifs is 30. The molecule has 0 aliphatic carbocycles. The summed E-state index contributed by atoms with van der Waals surface area (Å²) in [5, 5.41) is 25.8. The van der Waals surface area contributed by atoms with Crippen molar-refractivity contribution in [1.29, 1.82) is 0 Å². The topological polar surface area (TPSA) is 233 Å². The first-order valence-electron chi connectivity index (χ1n) is 30.0. The van der Waals surface area contributed by atoms with Gasteiger partial charge in [-0.05, 0) is 70.4 Å². The van der Waals surface area contributed by atoms with E-state index in [1.54, 1.807) is 107 Å². The third-order valence-corrected chi connectivity index (χ3v) is 17.8. The fraction of sp³-hybridized carbons (Fsp3) is 0.344. The average Bonchev–Trinajstić information content (AvgIpc) is 1.52. The van der Waals surface area contributed by atoms with Crippen LogP contribution < -0.4 is 27.4 Å². The molecule has 96 heavy (non-hydrogen) atoms. The number of alkyl halides is 9. The summed E-state index contributed by atoms with van der Waals surface area (Å²) in [5.41, 5.74) is 6.17. The molecule has 3 atom stereocenters. The second-order valence-electron chi connectivity index (χ2n) is 26.2. The van der Waals surface area contributed by atoms with Crippen LogP contribution in [0.25, 0.3) is 68.8 Å². The van der Waals surface area contributed by atoms with Crippen molar-refractivity contribution in [1.82, 2.24) is 98.6 Å². The van der Waals surface area contributed by atoms with Crippen molar-refractivity contribution in [3.05, 3.63) is 167 Å². The van der Waals surface area contributed by atoms with Crippen molar-refractivity contribution in [3.8, 4) is 68.8 Å². The Morgan fingerprint density at radius 3 is 1.29 bits per heavy atom. The Kier molecular flexibility index (Phi) is 11.8. The molecule has 0 saturated carbocycles. The van der Waals surface area contributed by atoms with Gasteiger partial charge in [-0.15, -0.1) is 29.8 Å². The molecule has 6 aliphatic heterocycles. The summed E-state index contributed by atoms with van der Waals surface area (Å²) >= 11 is 0. The molecule has 0 amide bonds. The summed E-state index contributed by atoms with van der Waals surface area (Å²) in [6, 6.07) is 9.06. The molecular formula is C61H55F9N26+6. The Balaban J connectivity index is 0.000000113. The maximum atomic E-state index is 13.9. The number of hydrogen-bond donors (Lipinski definition) is 0. The summed E-state index contributed by atoms with van der Waals surface area (Å²) in [4.78, 5) is 34.7. The smallest absolute Gasteiger partial charge is 0.251 e. The van der Waals surface area contributed by atoms with E-state index in [9.17, 15) is 39.5 Å². The zero-order valence-corrected chi connectivity index (χ0v) is 53.3. The van der Waals surface area contributed by atoms with Gasteiger partial charge in [0.15, 0.2) is 41.4 Å². The summed E-state index contributed by atoms with van der Waals surface area (Å²) in [6.07, 6.45) is 4.69. The fourth-order valence-electron chi connectivity index (χ4n) is 13.6. The summed E-state index contributed by atoms with van der Waals surface area (Å²) in [5.74, 6) is -2.32. The Morgan fingerprint density at radius 1 is 0.396 bits per heavy atom. The lowest BCUT2D eigenvalue weighted by molar-refractivity contribution is -0.991. The third kappa shape index (κ3) is 7.82. The highest BCUT2D eigenvalue weighted by atomic mass is 19.4. The molecule has 3 spiro atoms. The minimum Gasteiger partial charge on any atom is -0.251 e. The molecule has 12 aromatic heterocycles. The number of aromatic nitrogens is 26. The summed E-state index contributed by atoms with van der Waals surface area (Å²) in [6.45, 7) is 24.7. The first-order valence-corrected chi connectivity index (χ1v) is 30.0. The van der Waals surface area contributed by atoms with Gasteiger partial charge in [-0.25, -0.2) is 29.9 Å². The Bertz CT molecular complexity index is 5270. The van der Waals surface area contributed by atoms with Gasteiger partial charge >= 0.3 is 36.3 Å². The number of pyridine rings is 2. The maximum absolute atomic E-state index is 13.9. The van der Waals surface area contributed by atoms with Crippen LogP contribution in [0.1, 0.15) is 110 Å². The van der Waals surface area contributed by atoms with Crippen LogP contribution in [0, 0.1) is 48.5 Å². The minimum absolute atomic E-state index is 0.0312. The van der Waals surface area contributed by atoms with Crippen LogP contribution in [0.15, 0.2) is 98.5 Å². The zero-order chi connectivity index (χ0) is 68.0. The van der Waals surface area contributed by atoms with E-state index in [2.05, 4.69) is 112 Å². The highest BCUT2D eigenvalue weighted by Gasteiger charge is 2.75. The normalized spacial score (nSPS) is 18.4. The Hall–Kier alpha value is -11.0. The molecule has 486 valence electrons. The van der Waals surface area contributed by atoms with Crippen LogP contribution >= 0.6 is 0 Å². The van der Waals surface area contributed by atoms with Gasteiger partial charge < -0.3 is 0 Å². The number of halogens is 9. The van der Waals surface area contributed by atoms with Crippen LogP contribution in [-0.4, -0.2) is 98.6 Å². The van der Waals surface area contributed by atoms with Gasteiger partial charge in [0.05, 0.1) is 6.20 Å². The molecule has 0 aromatic carbocycles. The Labute approximate surface area is 536 Å². The Morgan fingerprint density at radius 2 is 0.823 bits per heavy atom. The minimum atomic E-state index is -4.71. The highest BCUT2D eigenvalue weighted by Crippen LogP contribution is 2.45. The van der Waals surface area contributed by atoms with Gasteiger partial charge in [0.1, 0.15) is 59.3 Å². The third-order valence-electron chi connectivity index (χ3n) is 17.8. The van der Waals surface area contributed by atoms with Crippen molar-refractivity contribution in [2.24, 2.45) is 0 Å². The van der Waals surface area contributed by atoms with Crippen LogP contribution in [-0.2, 0) is 47.1 Å². The molecule has 18 rings (SSSR count). The van der Waals surface area contributed by atoms with Crippen LogP contribution in [0.3, 0.4) is 0 Å². The van der Waals surface area contributed by atoms with E-state index >= 15 is 0 Å². The number of hydrogen-bond acceptors (Lipinski definition) is 14. The van der Waals surface area contributed by atoms with Crippen LogP contribution in [0.5, 0.6) is 0 Å². The first-order chi connectivity index (χ1) is 45.1. The average molecular weight is 1320 g/mol. The largest absolute Gasteiger partial charge is 0.586 e. The van der Waals surface area contributed by atoms with Crippen molar-refractivity contribution in [2.45, 2.75) is 137 Å². The van der Waals surface area contributed by atoms with Gasteiger partial charge in [0.2, 0.25) is 41.9 Å². The van der Waals surface area contributed by atoms with Gasteiger partial charge in [0.25, 0.3) is 40.0 Å². The molecule has 0 N–H and O–H groups in total. The van der Waals surface area contributed by atoms with E-state index < -0.39 is 53.5 Å². The molecule has 26 nitrogen and oxygen atoms in total. The van der Waals surface area contributed by atoms with Gasteiger partial charge in [-0.1, -0.05) is 87.7 Å². The molecule has 0 fully saturated rings. The van der Waals surface area contributed by atoms with Crippen molar-refractivity contribution < 1.29 is 66.9 Å². The van der Waals surface area contributed by atoms with Crippen LogP contribution in [0.2, 0.25) is 0 Å². The predicted molar refractivity (Wildman–Crippen MR) is 308 cm³/mol. The van der Waals surface area contributed by atoms with Crippen molar-refractivity contribution in [3.63, 3.8) is 0 Å². The molecule has 12 aromatic rings. The second kappa shape index (κ2) is 18.9. The van der Waals surface area contributed by atoms with Crippen LogP contribution in [0.4, 0.5) is 39.5 Å². The lowest BCUT2D eigenvalue weighted by Gasteiger charge is -2.19. The lowest BCUT2D eigenvalue weighted by Crippen LogP contribution is -2.77. The van der Waals surface area contributed by atoms with E-state index in [0.29, 0.717) is 86.2 Å². The fourth-order valence-corrected chi connectivity index (χ4v) is 13.6. The summed E-state index contributed by atoms with van der Waals surface area (Å²) < 4.78 is 143. The molecule has 0 saturated heterocycles. The molecule has 3 unspecified atom stereocenters. The second-order valence-corrected chi connectivity index (χ2v) is 26.2. The molecule has 35 heteroatoms. The first kappa shape index (κ1) is 59.9. The molecule has 18 heterocycles. The van der Waals surface area contributed by atoms with E-state index in [1.165, 1.54) is 27.2 Å². The standard InChI is InChI=1S/2C22H21F3N8.C17H13F3N10/c1-12-17-16-11-26-7-9-31(16)22(32(17)29-18(12)21(23,24)25)30-8-6-14(20(3,4)5)10-15(30)19-27-13(2)28-33(19)22;1-12-11-31-17(10-26-12)15-9-18(21(23,24)25)29-32(15)22(31)30-7-6-14(20(3,4)5)8-16(30)19-27-13(2)28-33(19)22;1-8-6-27-11(4-21-8)13-23-10(3)25-29(13)17(27)28-7-9(2)22-5-12(28)14-24-15(16(18,19)20)26-30(14)17/h2*6-11H,1-5H3;4-7H,1-3H3/q3*+2. The summed E-state index contributed by atoms with van der Waals surface area (Å²) in [7, 11) is 0. The molecule has 0 radical (unpaired) electrons. The van der Waals surface area contributed by atoms with Gasteiger partial charge in [-0.2, -0.15) is 54.7 Å². The monoisotopic (exact) mass is 1320 g/mol. The van der Waals surface area contributed by atoms with E-state index in [1.807, 2.05) is 61.9 Å². The van der Waals surface area contributed by atoms with E-state index in [0.717, 1.165) is 28.6 Å². The number of nitrogens with zero attached hydrogens (tertiary/aromatic N) is 26. The van der Waals surface area contributed by atoms with Crippen molar-refractivity contribution in [2.75, 3.05) is 0 Å². The van der Waals surface area contributed by atoms with Gasteiger partial charge in [-0.3, -0.25) is 4.98 Å². The number of rotatable bonds is 0. The molecular weight excluding hydrogens is 1270 g/mol. The van der Waals surface area contributed by atoms with Crippen molar-refractivity contribution >= 4 is 0 Å². The SMILES string of the molecule is Cc1c[n+]2c(cn1)-c1cc(C(F)(F)F)nn1C21n2nc(C)nc2-c2cc(C(C)(C)C)cc[n+]21.Cc1c[n+]2c(cn1)-c1nc(C)nn1C21n2nc(C(F)(F)F)nc2-c2cnc(C)c[n+]21.Cc1nc2n(n1)C1(n3nc(C(F)(F)F)c(C)c3-c3cncc[n+]31)[n+]1ccc(C(C)(C)C)cc1-2. The quantitative estimate of drug-likeness (QED) is 0.136. The molecule has 6 aliphatic rings. The number of aryl methyl sites for hydroxylation is 6.